The Kier molecular flexibility index (Phi) is 6.37. The molecule has 0 unspecified atom stereocenters. The van der Waals surface area contributed by atoms with Crippen molar-refractivity contribution in [2.24, 2.45) is 4.99 Å². The largest absolute Gasteiger partial charge is 0.497 e. The summed E-state index contributed by atoms with van der Waals surface area (Å²) in [4.78, 5) is 31.4. The number of hydrogen-bond donors (Lipinski definition) is 0. The standard InChI is InChI=1S/C25H21FN2O4S/c1-4-13-32-24(30)21-15(2)27-25-28(22(21)17-7-11-19(31-3)12-8-17)23(29)20(33-25)14-16-5-9-18(26)10-6-16/h4-12,14,22H,1,13H2,2-3H3/b20-14+/t22-/m1/s1. The van der Waals surface area contributed by atoms with Gasteiger partial charge in [0.2, 0.25) is 0 Å². The van der Waals surface area contributed by atoms with Gasteiger partial charge in [0, 0.05) is 0 Å². The first-order chi connectivity index (χ1) is 15.9. The molecule has 0 amide bonds. The minimum atomic E-state index is -0.722. The second kappa shape index (κ2) is 9.38. The summed E-state index contributed by atoms with van der Waals surface area (Å²) in [7, 11) is 1.57. The molecule has 1 aromatic heterocycles. The molecule has 0 saturated heterocycles. The summed E-state index contributed by atoms with van der Waals surface area (Å²) in [6.45, 7) is 5.34. The number of carbonyl (C=O) groups is 1. The van der Waals surface area contributed by atoms with Crippen LogP contribution in [0.3, 0.4) is 0 Å². The van der Waals surface area contributed by atoms with Gasteiger partial charge in [0.15, 0.2) is 4.80 Å². The van der Waals surface area contributed by atoms with Crippen LogP contribution in [-0.4, -0.2) is 24.3 Å². The van der Waals surface area contributed by atoms with Crippen molar-refractivity contribution in [3.63, 3.8) is 0 Å². The summed E-state index contributed by atoms with van der Waals surface area (Å²) < 4.78 is 25.8. The van der Waals surface area contributed by atoms with E-state index in [1.807, 2.05) is 0 Å². The molecule has 8 heteroatoms. The highest BCUT2D eigenvalue weighted by Crippen LogP contribution is 2.31. The van der Waals surface area contributed by atoms with E-state index in [2.05, 4.69) is 11.6 Å². The normalized spacial score (nSPS) is 15.6. The molecule has 0 fully saturated rings. The van der Waals surface area contributed by atoms with E-state index in [1.54, 1.807) is 56.5 Å². The van der Waals surface area contributed by atoms with Crippen LogP contribution in [0.2, 0.25) is 0 Å². The lowest BCUT2D eigenvalue weighted by Crippen LogP contribution is -2.39. The monoisotopic (exact) mass is 464 g/mol. The second-order valence-corrected chi connectivity index (χ2v) is 8.30. The zero-order chi connectivity index (χ0) is 23.5. The van der Waals surface area contributed by atoms with Gasteiger partial charge < -0.3 is 9.47 Å². The highest BCUT2D eigenvalue weighted by molar-refractivity contribution is 7.07. The van der Waals surface area contributed by atoms with E-state index in [0.717, 1.165) is 0 Å². The van der Waals surface area contributed by atoms with Crippen LogP contribution in [0.5, 0.6) is 5.75 Å². The molecular weight excluding hydrogens is 443 g/mol. The number of benzene rings is 2. The quantitative estimate of drug-likeness (QED) is 0.415. The van der Waals surface area contributed by atoms with Crippen LogP contribution in [0.1, 0.15) is 24.1 Å². The third-order valence-electron chi connectivity index (χ3n) is 5.17. The highest BCUT2D eigenvalue weighted by atomic mass is 32.1. The van der Waals surface area contributed by atoms with E-state index in [-0.39, 0.29) is 23.6 Å². The number of halogens is 1. The molecule has 1 atom stereocenters. The van der Waals surface area contributed by atoms with Crippen molar-refractivity contribution in [2.45, 2.75) is 13.0 Å². The van der Waals surface area contributed by atoms with Gasteiger partial charge >= 0.3 is 5.97 Å². The summed E-state index contributed by atoms with van der Waals surface area (Å²) in [5.41, 5.74) is 1.85. The molecule has 0 saturated carbocycles. The number of allylic oxidation sites excluding steroid dienone is 1. The van der Waals surface area contributed by atoms with Crippen LogP contribution in [0.25, 0.3) is 6.08 Å². The molecule has 0 spiro atoms. The first-order valence-corrected chi connectivity index (χ1v) is 10.9. The molecular formula is C25H21FN2O4S. The van der Waals surface area contributed by atoms with Gasteiger partial charge in [-0.15, -0.1) is 0 Å². The van der Waals surface area contributed by atoms with E-state index < -0.39 is 12.0 Å². The zero-order valence-electron chi connectivity index (χ0n) is 18.1. The Hall–Kier alpha value is -3.78. The number of ether oxygens (including phenoxy) is 2. The topological polar surface area (TPSA) is 69.9 Å². The van der Waals surface area contributed by atoms with Crippen molar-refractivity contribution in [3.05, 3.63) is 109 Å². The van der Waals surface area contributed by atoms with Crippen LogP contribution in [0, 0.1) is 5.82 Å². The SMILES string of the molecule is C=CCOC(=O)C1=C(C)N=c2s/c(=C/c3ccc(F)cc3)c(=O)n2[C@@H]1c1ccc(OC)cc1. The van der Waals surface area contributed by atoms with Gasteiger partial charge in [0.1, 0.15) is 18.2 Å². The average Bonchev–Trinajstić information content (AvgIpc) is 3.12. The van der Waals surface area contributed by atoms with Crippen LogP contribution >= 0.6 is 11.3 Å². The van der Waals surface area contributed by atoms with Gasteiger partial charge in [-0.3, -0.25) is 9.36 Å². The summed E-state index contributed by atoms with van der Waals surface area (Å²) in [6, 6.07) is 12.3. The summed E-state index contributed by atoms with van der Waals surface area (Å²) >= 11 is 1.21. The summed E-state index contributed by atoms with van der Waals surface area (Å²) in [5.74, 6) is -0.268. The molecule has 4 rings (SSSR count). The van der Waals surface area contributed by atoms with Crippen LogP contribution < -0.4 is 19.6 Å². The van der Waals surface area contributed by atoms with Gasteiger partial charge in [-0.25, -0.2) is 14.2 Å². The van der Waals surface area contributed by atoms with E-state index >= 15 is 0 Å². The van der Waals surface area contributed by atoms with E-state index in [4.69, 9.17) is 9.47 Å². The lowest BCUT2D eigenvalue weighted by molar-refractivity contribution is -0.138. The molecule has 2 aromatic carbocycles. The Morgan fingerprint density at radius 2 is 1.91 bits per heavy atom. The maximum atomic E-state index is 13.5. The number of hydrogen-bond acceptors (Lipinski definition) is 6. The van der Waals surface area contributed by atoms with Gasteiger partial charge in [-0.1, -0.05) is 48.3 Å². The number of esters is 1. The molecule has 0 radical (unpaired) electrons. The number of thiazole rings is 1. The van der Waals surface area contributed by atoms with Gasteiger partial charge in [-0.2, -0.15) is 0 Å². The average molecular weight is 465 g/mol. The Bertz CT molecular complexity index is 1420. The van der Waals surface area contributed by atoms with Crippen molar-refractivity contribution < 1.29 is 18.7 Å². The second-order valence-electron chi connectivity index (χ2n) is 7.29. The molecule has 2 heterocycles. The third kappa shape index (κ3) is 4.42. The molecule has 0 N–H and O–H groups in total. The minimum absolute atomic E-state index is 0.0416. The predicted molar refractivity (Wildman–Crippen MR) is 124 cm³/mol. The van der Waals surface area contributed by atoms with Crippen molar-refractivity contribution in [2.75, 3.05) is 13.7 Å². The van der Waals surface area contributed by atoms with Gasteiger partial charge in [0.05, 0.1) is 29.0 Å². The van der Waals surface area contributed by atoms with Crippen LogP contribution in [0.15, 0.2) is 82.2 Å². The smallest absolute Gasteiger partial charge is 0.338 e. The number of methoxy groups -OCH3 is 1. The fraction of sp³-hybridized carbons (Fsp3) is 0.160. The third-order valence-corrected chi connectivity index (χ3v) is 6.16. The molecule has 3 aromatic rings. The first kappa shape index (κ1) is 22.4. The molecule has 168 valence electrons. The first-order valence-electron chi connectivity index (χ1n) is 10.1. The Morgan fingerprint density at radius 3 is 2.55 bits per heavy atom. The van der Waals surface area contributed by atoms with Crippen LogP contribution in [-0.2, 0) is 9.53 Å². The maximum absolute atomic E-state index is 13.5. The fourth-order valence-electron chi connectivity index (χ4n) is 3.61. The van der Waals surface area contributed by atoms with E-state index in [9.17, 15) is 14.0 Å². The molecule has 33 heavy (non-hydrogen) atoms. The van der Waals surface area contributed by atoms with E-state index in [1.165, 1.54) is 34.1 Å². The number of aromatic nitrogens is 1. The Balaban J connectivity index is 1.91. The minimum Gasteiger partial charge on any atom is -0.497 e. The number of nitrogens with zero attached hydrogens (tertiary/aromatic N) is 2. The Morgan fingerprint density at radius 1 is 1.21 bits per heavy atom. The number of carbonyl (C=O) groups excluding carboxylic acids is 1. The lowest BCUT2D eigenvalue weighted by Gasteiger charge is -2.24. The molecule has 0 bridgehead atoms. The van der Waals surface area contributed by atoms with Gasteiger partial charge in [0.25, 0.3) is 5.56 Å². The maximum Gasteiger partial charge on any atom is 0.338 e. The zero-order valence-corrected chi connectivity index (χ0v) is 18.9. The predicted octanol–water partition coefficient (Wildman–Crippen LogP) is 3.11. The van der Waals surface area contributed by atoms with Crippen molar-refractivity contribution in [3.8, 4) is 5.75 Å². The molecule has 1 aliphatic heterocycles. The fourth-order valence-corrected chi connectivity index (χ4v) is 4.65. The molecule has 0 aliphatic carbocycles. The van der Waals surface area contributed by atoms with Crippen molar-refractivity contribution in [1.29, 1.82) is 0 Å². The Labute approximate surface area is 193 Å². The summed E-state index contributed by atoms with van der Waals surface area (Å²) in [5, 5.41) is 0. The van der Waals surface area contributed by atoms with Crippen molar-refractivity contribution in [1.82, 2.24) is 4.57 Å². The molecule has 1 aliphatic rings. The number of fused-ring (bicyclic) bond motifs is 1. The highest BCUT2D eigenvalue weighted by Gasteiger charge is 2.33. The lowest BCUT2D eigenvalue weighted by atomic mass is 9.96. The summed E-state index contributed by atoms with van der Waals surface area (Å²) in [6.07, 6.45) is 3.16. The van der Waals surface area contributed by atoms with Gasteiger partial charge in [-0.05, 0) is 48.4 Å². The van der Waals surface area contributed by atoms with Crippen molar-refractivity contribution >= 4 is 23.4 Å². The van der Waals surface area contributed by atoms with E-state index in [0.29, 0.717) is 31.9 Å². The van der Waals surface area contributed by atoms with Crippen LogP contribution in [0.4, 0.5) is 4.39 Å². The molecule has 6 nitrogen and oxygen atoms in total. The number of rotatable bonds is 6.